The molecule has 0 aliphatic rings. The molecule has 0 aromatic heterocycles. The zero-order valence-corrected chi connectivity index (χ0v) is 11.0. The van der Waals surface area contributed by atoms with Gasteiger partial charge in [0.05, 0.1) is 13.7 Å². The van der Waals surface area contributed by atoms with E-state index >= 15 is 0 Å². The number of methoxy groups -OCH3 is 1. The van der Waals surface area contributed by atoms with Crippen molar-refractivity contribution >= 4 is 5.84 Å². The molecule has 0 aliphatic carbocycles. The van der Waals surface area contributed by atoms with Gasteiger partial charge in [-0.05, 0) is 18.6 Å². The zero-order chi connectivity index (χ0) is 13.6. The van der Waals surface area contributed by atoms with E-state index in [1.54, 1.807) is 7.11 Å². The van der Waals surface area contributed by atoms with Crippen molar-refractivity contribution in [2.45, 2.75) is 20.3 Å². The van der Waals surface area contributed by atoms with E-state index in [2.05, 4.69) is 5.16 Å². The lowest BCUT2D eigenvalue weighted by molar-refractivity contribution is 0.250. The molecule has 0 saturated heterocycles. The maximum absolute atomic E-state index is 8.67. The lowest BCUT2D eigenvalue weighted by Gasteiger charge is -2.22. The van der Waals surface area contributed by atoms with Gasteiger partial charge in [0.15, 0.2) is 11.5 Å². The standard InChI is InChI=1S/C13H20N2O3/c1-13(2,12(14)15-16)8-9-18-11-7-5-4-6-10(11)17-3/h4-7,16H,8-9H2,1-3H3,(H2,14,15). The third-order valence-corrected chi connectivity index (χ3v) is 2.85. The van der Waals surface area contributed by atoms with Crippen LogP contribution in [0.1, 0.15) is 20.3 Å². The van der Waals surface area contributed by atoms with Gasteiger partial charge in [0.25, 0.3) is 0 Å². The SMILES string of the molecule is COc1ccccc1OCCC(C)(C)C(N)=NO. The van der Waals surface area contributed by atoms with Gasteiger partial charge in [-0.15, -0.1) is 0 Å². The summed E-state index contributed by atoms with van der Waals surface area (Å²) in [5.74, 6) is 1.58. The lowest BCUT2D eigenvalue weighted by Crippen LogP contribution is -2.33. The molecule has 3 N–H and O–H groups in total. The summed E-state index contributed by atoms with van der Waals surface area (Å²) >= 11 is 0. The van der Waals surface area contributed by atoms with Gasteiger partial charge in [-0.1, -0.05) is 31.1 Å². The van der Waals surface area contributed by atoms with Crippen molar-refractivity contribution in [1.29, 1.82) is 0 Å². The first-order valence-corrected chi connectivity index (χ1v) is 5.75. The number of amidine groups is 1. The Balaban J connectivity index is 2.56. The second kappa shape index (κ2) is 6.14. The summed E-state index contributed by atoms with van der Waals surface area (Å²) in [6, 6.07) is 7.44. The van der Waals surface area contributed by atoms with Crippen molar-refractivity contribution in [3.05, 3.63) is 24.3 Å². The van der Waals surface area contributed by atoms with Crippen LogP contribution in [-0.2, 0) is 0 Å². The molecule has 1 rings (SSSR count). The Labute approximate surface area is 107 Å². The van der Waals surface area contributed by atoms with Crippen LogP contribution >= 0.6 is 0 Å². The third-order valence-electron chi connectivity index (χ3n) is 2.85. The fourth-order valence-corrected chi connectivity index (χ4v) is 1.42. The monoisotopic (exact) mass is 252 g/mol. The molecular formula is C13H20N2O3. The average Bonchev–Trinajstić information content (AvgIpc) is 2.38. The molecule has 0 bridgehead atoms. The van der Waals surface area contributed by atoms with E-state index in [1.807, 2.05) is 38.1 Å². The van der Waals surface area contributed by atoms with Crippen LogP contribution in [0, 0.1) is 5.41 Å². The van der Waals surface area contributed by atoms with Gasteiger partial charge in [-0.2, -0.15) is 0 Å². The van der Waals surface area contributed by atoms with E-state index in [-0.39, 0.29) is 5.84 Å². The molecule has 0 radical (unpaired) electrons. The maximum Gasteiger partial charge on any atom is 0.161 e. The van der Waals surface area contributed by atoms with E-state index in [0.29, 0.717) is 24.5 Å². The minimum atomic E-state index is -0.406. The molecule has 0 fully saturated rings. The van der Waals surface area contributed by atoms with Crippen molar-refractivity contribution in [2.75, 3.05) is 13.7 Å². The number of ether oxygens (including phenoxy) is 2. The second-order valence-corrected chi connectivity index (χ2v) is 4.62. The molecule has 0 atom stereocenters. The highest BCUT2D eigenvalue weighted by atomic mass is 16.5. The Morgan fingerprint density at radius 1 is 1.33 bits per heavy atom. The van der Waals surface area contributed by atoms with Crippen molar-refractivity contribution < 1.29 is 14.7 Å². The Hall–Kier alpha value is -1.91. The second-order valence-electron chi connectivity index (χ2n) is 4.62. The molecular weight excluding hydrogens is 232 g/mol. The van der Waals surface area contributed by atoms with Crippen molar-refractivity contribution in [3.63, 3.8) is 0 Å². The molecule has 0 unspecified atom stereocenters. The van der Waals surface area contributed by atoms with Gasteiger partial charge in [-0.25, -0.2) is 0 Å². The van der Waals surface area contributed by atoms with E-state index in [1.165, 1.54) is 0 Å². The Bertz CT molecular complexity index is 416. The highest BCUT2D eigenvalue weighted by molar-refractivity contribution is 5.85. The van der Waals surface area contributed by atoms with Gasteiger partial charge in [0, 0.05) is 5.41 Å². The number of benzene rings is 1. The van der Waals surface area contributed by atoms with E-state index in [9.17, 15) is 0 Å². The topological polar surface area (TPSA) is 77.1 Å². The van der Waals surface area contributed by atoms with Crippen molar-refractivity contribution in [1.82, 2.24) is 0 Å². The first kappa shape index (κ1) is 14.2. The van der Waals surface area contributed by atoms with E-state index in [0.717, 1.165) is 0 Å². The maximum atomic E-state index is 8.67. The molecule has 1 aromatic carbocycles. The summed E-state index contributed by atoms with van der Waals surface area (Å²) in [5.41, 5.74) is 5.20. The number of hydrogen-bond donors (Lipinski definition) is 2. The molecule has 5 heteroatoms. The zero-order valence-electron chi connectivity index (χ0n) is 11.0. The van der Waals surface area contributed by atoms with Gasteiger partial charge in [0.1, 0.15) is 5.84 Å². The van der Waals surface area contributed by atoms with Gasteiger partial charge >= 0.3 is 0 Å². The fourth-order valence-electron chi connectivity index (χ4n) is 1.42. The number of oxime groups is 1. The lowest BCUT2D eigenvalue weighted by atomic mass is 9.88. The summed E-state index contributed by atoms with van der Waals surface area (Å²) in [6.07, 6.45) is 0.640. The number of nitrogens with zero attached hydrogens (tertiary/aromatic N) is 1. The van der Waals surface area contributed by atoms with E-state index < -0.39 is 5.41 Å². The highest BCUT2D eigenvalue weighted by Gasteiger charge is 2.23. The molecule has 0 spiro atoms. The Kier molecular flexibility index (Phi) is 4.83. The van der Waals surface area contributed by atoms with Crippen LogP contribution in [0.25, 0.3) is 0 Å². The fraction of sp³-hybridized carbons (Fsp3) is 0.462. The highest BCUT2D eigenvalue weighted by Crippen LogP contribution is 2.27. The average molecular weight is 252 g/mol. The summed E-state index contributed by atoms with van der Waals surface area (Å²) in [6.45, 7) is 4.25. The van der Waals surface area contributed by atoms with Crippen molar-refractivity contribution in [2.24, 2.45) is 16.3 Å². The van der Waals surface area contributed by atoms with Crippen LogP contribution < -0.4 is 15.2 Å². The van der Waals surface area contributed by atoms with Gasteiger partial charge in [-0.3, -0.25) is 0 Å². The predicted molar refractivity (Wildman–Crippen MR) is 70.3 cm³/mol. The van der Waals surface area contributed by atoms with Crippen LogP contribution in [-0.4, -0.2) is 24.8 Å². The molecule has 5 nitrogen and oxygen atoms in total. The minimum absolute atomic E-state index is 0.200. The minimum Gasteiger partial charge on any atom is -0.493 e. The van der Waals surface area contributed by atoms with Gasteiger partial charge < -0.3 is 20.4 Å². The quantitative estimate of drug-likeness (QED) is 0.352. The first-order valence-electron chi connectivity index (χ1n) is 5.75. The van der Waals surface area contributed by atoms with E-state index in [4.69, 9.17) is 20.4 Å². The normalized spacial score (nSPS) is 12.3. The molecule has 0 amide bonds. The van der Waals surface area contributed by atoms with Gasteiger partial charge in [0.2, 0.25) is 0 Å². The molecule has 1 aromatic rings. The van der Waals surface area contributed by atoms with Crippen molar-refractivity contribution in [3.8, 4) is 11.5 Å². The van der Waals surface area contributed by atoms with Crippen LogP contribution in [0.4, 0.5) is 0 Å². The number of nitrogens with two attached hydrogens (primary N) is 1. The number of rotatable bonds is 6. The first-order chi connectivity index (χ1) is 8.51. The third kappa shape index (κ3) is 3.55. The Morgan fingerprint density at radius 2 is 1.94 bits per heavy atom. The molecule has 0 heterocycles. The summed E-state index contributed by atoms with van der Waals surface area (Å²) in [5, 5.41) is 11.7. The number of para-hydroxylation sites is 2. The van der Waals surface area contributed by atoms with Crippen LogP contribution in [0.2, 0.25) is 0 Å². The smallest absolute Gasteiger partial charge is 0.161 e. The molecule has 18 heavy (non-hydrogen) atoms. The Morgan fingerprint density at radius 3 is 2.50 bits per heavy atom. The van der Waals surface area contributed by atoms with Crippen LogP contribution in [0.3, 0.4) is 0 Å². The predicted octanol–water partition coefficient (Wildman–Crippen LogP) is 2.24. The molecule has 0 saturated carbocycles. The molecule has 100 valence electrons. The van der Waals surface area contributed by atoms with Crippen LogP contribution in [0.5, 0.6) is 11.5 Å². The summed E-state index contributed by atoms with van der Waals surface area (Å²) < 4.78 is 10.8. The summed E-state index contributed by atoms with van der Waals surface area (Å²) in [4.78, 5) is 0. The molecule has 0 aliphatic heterocycles. The largest absolute Gasteiger partial charge is 0.493 e. The number of hydrogen-bond acceptors (Lipinski definition) is 4. The van der Waals surface area contributed by atoms with Crippen LogP contribution in [0.15, 0.2) is 29.4 Å². The summed E-state index contributed by atoms with van der Waals surface area (Å²) in [7, 11) is 1.60.